The number of piperazine rings is 1. The molecule has 0 aromatic carbocycles. The van der Waals surface area contributed by atoms with Gasteiger partial charge in [-0.2, -0.15) is 17.5 Å². The Kier molecular flexibility index (Phi) is 7.20. The Labute approximate surface area is 198 Å². The molecule has 2 aromatic heterocycles. The first-order chi connectivity index (χ1) is 16.3. The molecule has 0 bridgehead atoms. The Morgan fingerprint density at radius 1 is 1.20 bits per heavy atom. The molecule has 0 aliphatic carbocycles. The number of carbonyl (C=O) groups excluding carboxylic acids is 1. The zero-order valence-electron chi connectivity index (χ0n) is 18.4. The van der Waals surface area contributed by atoms with Gasteiger partial charge in [0.15, 0.2) is 5.60 Å². The van der Waals surface area contributed by atoms with Crippen LogP contribution >= 0.6 is 0 Å². The summed E-state index contributed by atoms with van der Waals surface area (Å²) < 4.78 is 66.5. The molecule has 2 N–H and O–H groups in total. The summed E-state index contributed by atoms with van der Waals surface area (Å²) in [5.74, 6) is 5.46. The number of nitrogens with zero attached hydrogens (tertiary/aromatic N) is 5. The van der Waals surface area contributed by atoms with Gasteiger partial charge in [-0.25, -0.2) is 23.4 Å². The zero-order valence-corrected chi connectivity index (χ0v) is 19.3. The molecule has 1 saturated heterocycles. The maximum Gasteiger partial charge on any atom is 0.421 e. The van der Waals surface area contributed by atoms with E-state index in [-0.39, 0.29) is 36.3 Å². The molecule has 1 amide bonds. The van der Waals surface area contributed by atoms with Crippen LogP contribution in [0.1, 0.15) is 19.4 Å². The highest BCUT2D eigenvalue weighted by Crippen LogP contribution is 2.38. The Morgan fingerprint density at radius 3 is 2.37 bits per heavy atom. The second kappa shape index (κ2) is 9.64. The number of hydrogen-bond donors (Lipinski definition) is 2. The molecule has 1 aliphatic rings. The second-order valence-electron chi connectivity index (χ2n) is 7.60. The lowest BCUT2D eigenvalue weighted by Crippen LogP contribution is -2.55. The molecule has 188 valence electrons. The van der Waals surface area contributed by atoms with Crippen LogP contribution in [0.5, 0.6) is 0 Å². The third-order valence-electron chi connectivity index (χ3n) is 5.27. The number of anilines is 2. The average Bonchev–Trinajstić information content (AvgIpc) is 2.78. The van der Waals surface area contributed by atoms with E-state index >= 15 is 0 Å². The van der Waals surface area contributed by atoms with Crippen LogP contribution in [0.3, 0.4) is 0 Å². The molecule has 0 saturated carbocycles. The summed E-state index contributed by atoms with van der Waals surface area (Å²) >= 11 is 0. The van der Waals surface area contributed by atoms with Gasteiger partial charge in [-0.15, -0.1) is 5.92 Å². The number of pyridine rings is 1. The molecule has 2 atom stereocenters. The van der Waals surface area contributed by atoms with Crippen molar-refractivity contribution in [2.75, 3.05) is 29.9 Å². The van der Waals surface area contributed by atoms with Crippen LogP contribution in [0.15, 0.2) is 35.6 Å². The number of carbonyl (C=O) groups is 1. The summed E-state index contributed by atoms with van der Waals surface area (Å²) in [5, 5.41) is 22.3. The van der Waals surface area contributed by atoms with E-state index in [4.69, 9.17) is 0 Å². The van der Waals surface area contributed by atoms with Crippen LogP contribution in [-0.2, 0) is 15.6 Å². The maximum atomic E-state index is 13.1. The van der Waals surface area contributed by atoms with Gasteiger partial charge in [0, 0.05) is 43.8 Å². The third-order valence-corrected chi connectivity index (χ3v) is 7.12. The van der Waals surface area contributed by atoms with Crippen LogP contribution in [0.2, 0.25) is 0 Å². The third kappa shape index (κ3) is 5.45. The van der Waals surface area contributed by atoms with Crippen molar-refractivity contribution in [3.05, 3.63) is 36.3 Å². The van der Waals surface area contributed by atoms with Gasteiger partial charge < -0.3 is 25.2 Å². The quantitative estimate of drug-likeness (QED) is 0.538. The normalized spacial score (nSPS) is 18.8. The first-order valence-electron chi connectivity index (χ1n) is 10.0. The number of halogens is 3. The Morgan fingerprint density at radius 2 is 1.86 bits per heavy atom. The van der Waals surface area contributed by atoms with Gasteiger partial charge in [-0.05, 0) is 26.0 Å². The molecule has 11 nitrogen and oxygen atoms in total. The molecular weight excluding hydrogens is 493 g/mol. The van der Waals surface area contributed by atoms with E-state index in [0.717, 1.165) is 22.9 Å². The number of carboxylic acid groups (broad SMARTS) is 1. The minimum Gasteiger partial charge on any atom is -0.530 e. The molecule has 15 heteroatoms. The van der Waals surface area contributed by atoms with Gasteiger partial charge in [0.2, 0.25) is 16.0 Å². The van der Waals surface area contributed by atoms with Crippen molar-refractivity contribution in [3.8, 4) is 11.8 Å². The standard InChI is InChI=1S/C20H21F3N6O5S/c1-3-4-14-12-28(35(33,34)15-5-6-16(24-11-15)27-18(30)31)7-8-29(14)17-25-9-13(10-26-17)19(2,32)20(21,22)23/h5-6,9-11,14,32H,7-8,12H2,1-2H3,(H,24,27)(H,30,31)/p-1/t14-,19-/m0/s1. The molecule has 3 heterocycles. The molecule has 1 aliphatic heterocycles. The number of rotatable bonds is 5. The fourth-order valence-corrected chi connectivity index (χ4v) is 4.63. The summed E-state index contributed by atoms with van der Waals surface area (Å²) in [6.45, 7) is 2.09. The lowest BCUT2D eigenvalue weighted by atomic mass is 9.99. The van der Waals surface area contributed by atoms with Crippen molar-refractivity contribution < 1.29 is 36.6 Å². The van der Waals surface area contributed by atoms with Gasteiger partial charge in [0.05, 0.1) is 0 Å². The van der Waals surface area contributed by atoms with E-state index in [1.807, 2.05) is 5.32 Å². The van der Waals surface area contributed by atoms with Crippen molar-refractivity contribution in [3.63, 3.8) is 0 Å². The van der Waals surface area contributed by atoms with Crippen molar-refractivity contribution in [1.82, 2.24) is 19.3 Å². The highest BCUT2D eigenvalue weighted by molar-refractivity contribution is 7.89. The predicted molar refractivity (Wildman–Crippen MR) is 114 cm³/mol. The molecule has 1 fully saturated rings. The van der Waals surface area contributed by atoms with Gasteiger partial charge in [0.25, 0.3) is 0 Å². The van der Waals surface area contributed by atoms with Crippen LogP contribution in [-0.4, -0.2) is 70.7 Å². The fourth-order valence-electron chi connectivity index (χ4n) is 3.25. The SMILES string of the molecule is CC#C[C@H]1CN(S(=O)(=O)c2ccc(NC(=O)[O-])nc2)CCN1c1ncc([C@](C)(O)C(F)(F)F)cn1. The van der Waals surface area contributed by atoms with Crippen molar-refractivity contribution in [2.45, 2.75) is 36.6 Å². The first-order valence-corrected chi connectivity index (χ1v) is 11.5. The highest BCUT2D eigenvalue weighted by Gasteiger charge is 2.51. The summed E-state index contributed by atoms with van der Waals surface area (Å²) in [7, 11) is -4.02. The maximum absolute atomic E-state index is 13.1. The van der Waals surface area contributed by atoms with Crippen molar-refractivity contribution in [2.24, 2.45) is 0 Å². The minimum absolute atomic E-state index is 0.0192. The van der Waals surface area contributed by atoms with Crippen LogP contribution in [0.25, 0.3) is 0 Å². The average molecular weight is 513 g/mol. The van der Waals surface area contributed by atoms with Gasteiger partial charge in [-0.3, -0.25) is 0 Å². The Bertz CT molecular complexity index is 1240. The van der Waals surface area contributed by atoms with E-state index in [2.05, 4.69) is 26.8 Å². The van der Waals surface area contributed by atoms with E-state index in [1.165, 1.54) is 12.1 Å². The number of nitrogens with one attached hydrogen (secondary N) is 1. The zero-order chi connectivity index (χ0) is 26.0. The lowest BCUT2D eigenvalue weighted by molar-refractivity contribution is -0.259. The van der Waals surface area contributed by atoms with Crippen LogP contribution in [0.4, 0.5) is 29.7 Å². The Balaban J connectivity index is 1.81. The highest BCUT2D eigenvalue weighted by atomic mass is 32.2. The number of aromatic nitrogens is 3. The fraction of sp³-hybridized carbons (Fsp3) is 0.400. The topological polar surface area (TPSA) is 152 Å². The van der Waals surface area contributed by atoms with Crippen molar-refractivity contribution >= 4 is 27.9 Å². The summed E-state index contributed by atoms with van der Waals surface area (Å²) in [6.07, 6.45) is -3.79. The monoisotopic (exact) mass is 513 g/mol. The van der Waals surface area contributed by atoms with E-state index in [0.29, 0.717) is 6.92 Å². The molecule has 0 radical (unpaired) electrons. The number of aliphatic hydroxyl groups is 1. The molecule has 3 rings (SSSR count). The predicted octanol–water partition coefficient (Wildman–Crippen LogP) is 0.299. The Hall–Kier alpha value is -3.48. The van der Waals surface area contributed by atoms with Gasteiger partial charge in [-0.1, -0.05) is 5.92 Å². The minimum atomic E-state index is -4.93. The summed E-state index contributed by atoms with van der Waals surface area (Å²) in [6, 6.07) is 1.65. The lowest BCUT2D eigenvalue weighted by Gasteiger charge is -2.38. The summed E-state index contributed by atoms with van der Waals surface area (Å²) in [4.78, 5) is 23.6. The smallest absolute Gasteiger partial charge is 0.421 e. The number of sulfonamides is 1. The van der Waals surface area contributed by atoms with E-state index in [9.17, 15) is 36.6 Å². The number of amides is 1. The van der Waals surface area contributed by atoms with Gasteiger partial charge in [0.1, 0.15) is 22.8 Å². The van der Waals surface area contributed by atoms with Crippen LogP contribution in [0, 0.1) is 11.8 Å². The van der Waals surface area contributed by atoms with E-state index in [1.54, 1.807) is 11.8 Å². The molecule has 2 aromatic rings. The second-order valence-corrected chi connectivity index (χ2v) is 9.54. The van der Waals surface area contributed by atoms with Crippen LogP contribution < -0.4 is 15.3 Å². The largest absolute Gasteiger partial charge is 0.530 e. The molecular formula is C20H20F3N6O5S-. The van der Waals surface area contributed by atoms with E-state index < -0.39 is 39.5 Å². The summed E-state index contributed by atoms with van der Waals surface area (Å²) in [5.41, 5.74) is -3.68. The molecule has 35 heavy (non-hydrogen) atoms. The number of alkyl halides is 3. The first kappa shape index (κ1) is 26.1. The number of hydrogen-bond acceptors (Lipinski definition) is 9. The molecule has 0 spiro atoms. The molecule has 0 unspecified atom stereocenters. The van der Waals surface area contributed by atoms with Crippen molar-refractivity contribution in [1.29, 1.82) is 0 Å². The van der Waals surface area contributed by atoms with Gasteiger partial charge >= 0.3 is 6.18 Å².